The second-order valence-electron chi connectivity index (χ2n) is 4.29. The van der Waals surface area contributed by atoms with Gasteiger partial charge in [0.25, 0.3) is 5.91 Å². The van der Waals surface area contributed by atoms with Gasteiger partial charge in [0, 0.05) is 16.0 Å². The maximum absolute atomic E-state index is 12.0. The Hall–Kier alpha value is -1.27. The van der Waals surface area contributed by atoms with Crippen LogP contribution in [0.15, 0.2) is 42.5 Å². The summed E-state index contributed by atoms with van der Waals surface area (Å²) in [5, 5.41) is 12.5. The number of hydrogen-bond donors (Lipinski definition) is 2. The molecule has 2 aromatic rings. The minimum Gasteiger partial charge on any atom is -0.507 e. The number of alkyl halides is 1. The van der Waals surface area contributed by atoms with Gasteiger partial charge < -0.3 is 10.4 Å². The lowest BCUT2D eigenvalue weighted by Gasteiger charge is -2.08. The predicted octanol–water partition coefficient (Wildman–Crippen LogP) is 3.67. The molecule has 0 saturated carbocycles. The number of phenolic OH excluding ortho intramolecular Hbond substituents is 1. The van der Waals surface area contributed by atoms with Gasteiger partial charge in [0.05, 0.1) is 5.56 Å². The van der Waals surface area contributed by atoms with Crippen molar-refractivity contribution in [1.82, 2.24) is 5.32 Å². The fraction of sp³-hybridized carbons (Fsp3) is 0.133. The maximum Gasteiger partial charge on any atom is 0.255 e. The van der Waals surface area contributed by atoms with Crippen LogP contribution in [0.2, 0.25) is 0 Å². The quantitative estimate of drug-likeness (QED) is 0.607. The summed E-state index contributed by atoms with van der Waals surface area (Å²) in [5.41, 5.74) is 2.31. The molecule has 0 unspecified atom stereocenters. The van der Waals surface area contributed by atoms with Gasteiger partial charge in [0.2, 0.25) is 0 Å². The van der Waals surface area contributed by atoms with Crippen LogP contribution < -0.4 is 5.32 Å². The summed E-state index contributed by atoms with van der Waals surface area (Å²) in [6, 6.07) is 12.6. The fourth-order valence-corrected chi connectivity index (χ4v) is 2.38. The third kappa shape index (κ3) is 3.86. The molecule has 0 atom stereocenters. The van der Waals surface area contributed by atoms with Gasteiger partial charge >= 0.3 is 0 Å². The van der Waals surface area contributed by atoms with Crippen molar-refractivity contribution in [1.29, 1.82) is 0 Å². The van der Waals surface area contributed by atoms with Crippen LogP contribution >= 0.6 is 34.2 Å². The molecule has 0 bridgehead atoms. The van der Waals surface area contributed by atoms with E-state index in [2.05, 4.69) is 27.9 Å². The highest BCUT2D eigenvalue weighted by Gasteiger charge is 2.11. The first-order chi connectivity index (χ1) is 9.60. The predicted molar refractivity (Wildman–Crippen MR) is 88.0 cm³/mol. The first kappa shape index (κ1) is 15.1. The van der Waals surface area contributed by atoms with Crippen molar-refractivity contribution >= 4 is 40.1 Å². The summed E-state index contributed by atoms with van der Waals surface area (Å²) in [4.78, 5) is 12.0. The van der Waals surface area contributed by atoms with Gasteiger partial charge in [-0.1, -0.05) is 24.3 Å². The number of halogens is 2. The molecule has 0 aromatic heterocycles. The topological polar surface area (TPSA) is 49.3 Å². The smallest absolute Gasteiger partial charge is 0.255 e. The van der Waals surface area contributed by atoms with Crippen LogP contribution in [0.3, 0.4) is 0 Å². The van der Waals surface area contributed by atoms with E-state index in [0.29, 0.717) is 12.4 Å². The largest absolute Gasteiger partial charge is 0.507 e. The van der Waals surface area contributed by atoms with Crippen molar-refractivity contribution in [2.24, 2.45) is 0 Å². The molecule has 0 aliphatic heterocycles. The molecule has 2 rings (SSSR count). The Morgan fingerprint density at radius 2 is 1.80 bits per heavy atom. The van der Waals surface area contributed by atoms with Gasteiger partial charge in [-0.25, -0.2) is 0 Å². The standard InChI is InChI=1S/C15H13ClINO2/c16-8-10-1-3-11(4-2-10)9-18-15(20)13-7-12(17)5-6-14(13)19/h1-7,19H,8-9H2,(H,18,20). The van der Waals surface area contributed by atoms with Gasteiger partial charge in [-0.05, 0) is 51.9 Å². The minimum atomic E-state index is -0.289. The Morgan fingerprint density at radius 1 is 1.15 bits per heavy atom. The zero-order chi connectivity index (χ0) is 14.5. The summed E-state index contributed by atoms with van der Waals surface area (Å²) in [6.45, 7) is 0.409. The number of phenols is 1. The van der Waals surface area contributed by atoms with Crippen LogP contribution in [-0.4, -0.2) is 11.0 Å². The molecule has 104 valence electrons. The van der Waals surface area contributed by atoms with Gasteiger partial charge in [-0.3, -0.25) is 4.79 Å². The molecule has 0 aliphatic rings. The molecule has 0 spiro atoms. The molecule has 0 fully saturated rings. The van der Waals surface area contributed by atoms with Crippen LogP contribution in [0.1, 0.15) is 21.5 Å². The van der Waals surface area contributed by atoms with Crippen LogP contribution in [-0.2, 0) is 12.4 Å². The first-order valence-corrected chi connectivity index (χ1v) is 7.62. The Kier molecular flexibility index (Phi) is 5.25. The Balaban J connectivity index is 2.02. The van der Waals surface area contributed by atoms with Crippen molar-refractivity contribution in [2.75, 3.05) is 0 Å². The lowest BCUT2D eigenvalue weighted by atomic mass is 10.1. The maximum atomic E-state index is 12.0. The number of rotatable bonds is 4. The molecule has 3 nitrogen and oxygen atoms in total. The van der Waals surface area contributed by atoms with E-state index < -0.39 is 0 Å². The van der Waals surface area contributed by atoms with Crippen LogP contribution in [0.25, 0.3) is 0 Å². The number of aromatic hydroxyl groups is 1. The number of amides is 1. The normalized spacial score (nSPS) is 10.3. The van der Waals surface area contributed by atoms with E-state index in [-0.39, 0.29) is 17.2 Å². The van der Waals surface area contributed by atoms with E-state index in [4.69, 9.17) is 11.6 Å². The number of hydrogen-bond acceptors (Lipinski definition) is 2. The SMILES string of the molecule is O=C(NCc1ccc(CCl)cc1)c1cc(I)ccc1O. The van der Waals surface area contributed by atoms with Gasteiger partial charge in [-0.15, -0.1) is 11.6 Å². The monoisotopic (exact) mass is 401 g/mol. The molecule has 0 heterocycles. The summed E-state index contributed by atoms with van der Waals surface area (Å²) < 4.78 is 0.900. The van der Waals surface area contributed by atoms with Crippen molar-refractivity contribution in [3.63, 3.8) is 0 Å². The van der Waals surface area contributed by atoms with Crippen LogP contribution in [0.4, 0.5) is 0 Å². The van der Waals surface area contributed by atoms with E-state index in [0.717, 1.165) is 14.7 Å². The van der Waals surface area contributed by atoms with E-state index >= 15 is 0 Å². The van der Waals surface area contributed by atoms with E-state index in [1.807, 2.05) is 24.3 Å². The number of carbonyl (C=O) groups excluding carboxylic acids is 1. The van der Waals surface area contributed by atoms with Crippen molar-refractivity contribution in [3.8, 4) is 5.75 Å². The van der Waals surface area contributed by atoms with Crippen LogP contribution in [0, 0.1) is 3.57 Å². The van der Waals surface area contributed by atoms with Crippen molar-refractivity contribution < 1.29 is 9.90 Å². The summed E-state index contributed by atoms with van der Waals surface area (Å²) in [7, 11) is 0. The number of carbonyl (C=O) groups is 1. The molecule has 5 heteroatoms. The van der Waals surface area contributed by atoms with E-state index in [9.17, 15) is 9.90 Å². The average molecular weight is 402 g/mol. The van der Waals surface area contributed by atoms with E-state index in [1.54, 1.807) is 12.1 Å². The summed E-state index contributed by atoms with van der Waals surface area (Å²) >= 11 is 7.82. The summed E-state index contributed by atoms with van der Waals surface area (Å²) in [5.74, 6) is 0.172. The summed E-state index contributed by atoms with van der Waals surface area (Å²) in [6.07, 6.45) is 0. The molecule has 20 heavy (non-hydrogen) atoms. The van der Waals surface area contributed by atoms with Crippen molar-refractivity contribution in [3.05, 3.63) is 62.7 Å². The second-order valence-corrected chi connectivity index (χ2v) is 5.81. The molecule has 0 radical (unpaired) electrons. The fourth-order valence-electron chi connectivity index (χ4n) is 1.71. The Bertz CT molecular complexity index is 614. The highest BCUT2D eigenvalue weighted by Crippen LogP contribution is 2.19. The minimum absolute atomic E-state index is 0.0135. The first-order valence-electron chi connectivity index (χ1n) is 6.00. The van der Waals surface area contributed by atoms with Gasteiger partial charge in [0.1, 0.15) is 5.75 Å². The van der Waals surface area contributed by atoms with Gasteiger partial charge in [0.15, 0.2) is 0 Å². The molecular weight excluding hydrogens is 389 g/mol. The zero-order valence-electron chi connectivity index (χ0n) is 10.6. The molecule has 1 amide bonds. The lowest BCUT2D eigenvalue weighted by molar-refractivity contribution is 0.0948. The average Bonchev–Trinajstić information content (AvgIpc) is 2.47. The Labute approximate surface area is 136 Å². The highest BCUT2D eigenvalue weighted by molar-refractivity contribution is 14.1. The third-order valence-electron chi connectivity index (χ3n) is 2.83. The molecule has 2 aromatic carbocycles. The Morgan fingerprint density at radius 3 is 2.45 bits per heavy atom. The molecular formula is C15H13ClINO2. The highest BCUT2D eigenvalue weighted by atomic mass is 127. The molecule has 0 aliphatic carbocycles. The second kappa shape index (κ2) is 6.95. The number of benzene rings is 2. The third-order valence-corrected chi connectivity index (χ3v) is 3.81. The van der Waals surface area contributed by atoms with Crippen LogP contribution in [0.5, 0.6) is 5.75 Å². The lowest BCUT2D eigenvalue weighted by Crippen LogP contribution is -2.23. The molecule has 0 saturated heterocycles. The van der Waals surface area contributed by atoms with Gasteiger partial charge in [-0.2, -0.15) is 0 Å². The van der Waals surface area contributed by atoms with E-state index in [1.165, 1.54) is 6.07 Å². The molecule has 2 N–H and O–H groups in total. The van der Waals surface area contributed by atoms with Crippen molar-refractivity contribution in [2.45, 2.75) is 12.4 Å². The number of nitrogens with one attached hydrogen (secondary N) is 1. The zero-order valence-corrected chi connectivity index (χ0v) is 13.5.